The van der Waals surface area contributed by atoms with Gasteiger partial charge in [0.2, 0.25) is 0 Å². The summed E-state index contributed by atoms with van der Waals surface area (Å²) in [4.78, 5) is 12.0. The Bertz CT molecular complexity index is 456. The number of rotatable bonds is 4. The van der Waals surface area contributed by atoms with Crippen LogP contribution in [0.2, 0.25) is 0 Å². The summed E-state index contributed by atoms with van der Waals surface area (Å²) in [7, 11) is 0. The van der Waals surface area contributed by atoms with Crippen molar-refractivity contribution in [2.75, 3.05) is 5.73 Å². The van der Waals surface area contributed by atoms with Gasteiger partial charge < -0.3 is 11.5 Å². The minimum Gasteiger partial charge on any atom is -0.402 e. The van der Waals surface area contributed by atoms with Gasteiger partial charge in [0.15, 0.2) is 5.78 Å². The zero-order valence-corrected chi connectivity index (χ0v) is 10.2. The second-order valence-corrected chi connectivity index (χ2v) is 3.90. The first-order valence-electron chi connectivity index (χ1n) is 5.57. The number of nitrogen functional groups attached to an aromatic ring is 1. The summed E-state index contributed by atoms with van der Waals surface area (Å²) in [5, 5.41) is 0. The molecule has 17 heavy (non-hydrogen) atoms. The fourth-order valence-corrected chi connectivity index (χ4v) is 1.29. The molecule has 0 fully saturated rings. The molecule has 90 valence electrons. The normalized spacial score (nSPS) is 12.6. The van der Waals surface area contributed by atoms with Gasteiger partial charge in [0, 0.05) is 16.9 Å². The molecule has 0 aliphatic heterocycles. The Morgan fingerprint density at radius 1 is 1.24 bits per heavy atom. The quantitative estimate of drug-likeness (QED) is 0.361. The SMILES string of the molecule is CC/C(N)=C\C=C(/C)C(=O)c1ccc(N)cc1. The van der Waals surface area contributed by atoms with Crippen LogP contribution >= 0.6 is 0 Å². The third-order valence-corrected chi connectivity index (χ3v) is 2.49. The molecule has 0 spiro atoms. The minimum absolute atomic E-state index is 0.00912. The zero-order valence-electron chi connectivity index (χ0n) is 10.2. The van der Waals surface area contributed by atoms with E-state index in [9.17, 15) is 4.79 Å². The van der Waals surface area contributed by atoms with Gasteiger partial charge in [-0.25, -0.2) is 0 Å². The molecule has 0 aliphatic rings. The monoisotopic (exact) mass is 230 g/mol. The van der Waals surface area contributed by atoms with Crippen molar-refractivity contribution in [1.29, 1.82) is 0 Å². The summed E-state index contributed by atoms with van der Waals surface area (Å²) in [6.45, 7) is 3.74. The van der Waals surface area contributed by atoms with Crippen molar-refractivity contribution in [1.82, 2.24) is 0 Å². The maximum atomic E-state index is 12.0. The number of allylic oxidation sites excluding steroid dienone is 4. The van der Waals surface area contributed by atoms with Crippen molar-refractivity contribution in [3.63, 3.8) is 0 Å². The third-order valence-electron chi connectivity index (χ3n) is 2.49. The fourth-order valence-electron chi connectivity index (χ4n) is 1.29. The molecular formula is C14H18N2O. The van der Waals surface area contributed by atoms with Crippen LogP contribution in [-0.2, 0) is 0 Å². The summed E-state index contributed by atoms with van der Waals surface area (Å²) < 4.78 is 0. The number of hydrogen-bond donors (Lipinski definition) is 2. The van der Waals surface area contributed by atoms with E-state index in [4.69, 9.17) is 11.5 Å². The minimum atomic E-state index is -0.00912. The Labute approximate surface area is 102 Å². The number of benzene rings is 1. The summed E-state index contributed by atoms with van der Waals surface area (Å²) in [5.74, 6) is -0.00912. The van der Waals surface area contributed by atoms with Gasteiger partial charge in [-0.2, -0.15) is 0 Å². The first-order valence-corrected chi connectivity index (χ1v) is 5.57. The molecule has 4 N–H and O–H groups in total. The summed E-state index contributed by atoms with van der Waals surface area (Å²) in [6, 6.07) is 6.89. The van der Waals surface area contributed by atoms with Crippen LogP contribution in [0.15, 0.2) is 47.7 Å². The lowest BCUT2D eigenvalue weighted by atomic mass is 10.0. The molecule has 0 heterocycles. The van der Waals surface area contributed by atoms with Gasteiger partial charge in [-0.15, -0.1) is 0 Å². The lowest BCUT2D eigenvalue weighted by Gasteiger charge is -2.01. The average Bonchev–Trinajstić information content (AvgIpc) is 2.35. The Balaban J connectivity index is 2.87. The maximum Gasteiger partial charge on any atom is 0.188 e. The van der Waals surface area contributed by atoms with Crippen molar-refractivity contribution in [2.45, 2.75) is 20.3 Å². The molecule has 0 aromatic heterocycles. The van der Waals surface area contributed by atoms with Crippen LogP contribution < -0.4 is 11.5 Å². The molecule has 0 unspecified atom stereocenters. The smallest absolute Gasteiger partial charge is 0.188 e. The number of ketones is 1. The highest BCUT2D eigenvalue weighted by Gasteiger charge is 2.06. The molecule has 0 saturated carbocycles. The Morgan fingerprint density at radius 3 is 2.35 bits per heavy atom. The molecule has 1 rings (SSSR count). The van der Waals surface area contributed by atoms with Crippen molar-refractivity contribution in [2.24, 2.45) is 5.73 Å². The fraction of sp³-hybridized carbons (Fsp3) is 0.214. The van der Waals surface area contributed by atoms with Gasteiger partial charge >= 0.3 is 0 Å². The topological polar surface area (TPSA) is 69.1 Å². The first kappa shape index (κ1) is 13.0. The van der Waals surface area contributed by atoms with Crippen molar-refractivity contribution >= 4 is 11.5 Å². The van der Waals surface area contributed by atoms with E-state index in [1.165, 1.54) is 0 Å². The Morgan fingerprint density at radius 2 is 1.82 bits per heavy atom. The number of anilines is 1. The Hall–Kier alpha value is -2.03. The lowest BCUT2D eigenvalue weighted by molar-refractivity contribution is 0.103. The summed E-state index contributed by atoms with van der Waals surface area (Å²) >= 11 is 0. The van der Waals surface area contributed by atoms with E-state index in [-0.39, 0.29) is 5.78 Å². The molecule has 0 saturated heterocycles. The summed E-state index contributed by atoms with van der Waals surface area (Å²) in [5.41, 5.74) is 13.9. The van der Waals surface area contributed by atoms with Gasteiger partial charge in [0.25, 0.3) is 0 Å². The lowest BCUT2D eigenvalue weighted by Crippen LogP contribution is -2.01. The molecule has 1 aromatic carbocycles. The van der Waals surface area contributed by atoms with E-state index in [1.54, 1.807) is 43.3 Å². The number of carbonyl (C=O) groups excluding carboxylic acids is 1. The van der Waals surface area contributed by atoms with Crippen molar-refractivity contribution < 1.29 is 4.79 Å². The van der Waals surface area contributed by atoms with Crippen LogP contribution in [0.1, 0.15) is 30.6 Å². The van der Waals surface area contributed by atoms with Gasteiger partial charge in [-0.05, 0) is 49.3 Å². The molecule has 0 aliphatic carbocycles. The van der Waals surface area contributed by atoms with Crippen LogP contribution in [0.4, 0.5) is 5.69 Å². The van der Waals surface area contributed by atoms with Crippen LogP contribution in [0.5, 0.6) is 0 Å². The molecule has 3 nitrogen and oxygen atoms in total. The molecular weight excluding hydrogens is 212 g/mol. The first-order chi connectivity index (χ1) is 8.04. The number of nitrogens with two attached hydrogens (primary N) is 2. The van der Waals surface area contributed by atoms with Gasteiger partial charge in [0.05, 0.1) is 0 Å². The van der Waals surface area contributed by atoms with Crippen molar-refractivity contribution in [3.8, 4) is 0 Å². The second-order valence-electron chi connectivity index (χ2n) is 3.90. The van der Waals surface area contributed by atoms with Crippen LogP contribution in [0, 0.1) is 0 Å². The van der Waals surface area contributed by atoms with E-state index in [0.717, 1.165) is 12.1 Å². The van der Waals surface area contributed by atoms with E-state index in [1.807, 2.05) is 6.92 Å². The largest absolute Gasteiger partial charge is 0.402 e. The van der Waals surface area contributed by atoms with E-state index in [2.05, 4.69) is 0 Å². The van der Waals surface area contributed by atoms with Crippen LogP contribution in [-0.4, -0.2) is 5.78 Å². The molecule has 0 amide bonds. The molecule has 0 atom stereocenters. The molecule has 0 bridgehead atoms. The predicted octanol–water partition coefficient (Wildman–Crippen LogP) is 2.65. The van der Waals surface area contributed by atoms with E-state index >= 15 is 0 Å². The van der Waals surface area contributed by atoms with Gasteiger partial charge in [0.1, 0.15) is 0 Å². The van der Waals surface area contributed by atoms with Gasteiger partial charge in [-0.1, -0.05) is 13.0 Å². The van der Waals surface area contributed by atoms with E-state index < -0.39 is 0 Å². The van der Waals surface area contributed by atoms with Gasteiger partial charge in [-0.3, -0.25) is 4.79 Å². The zero-order chi connectivity index (χ0) is 12.8. The summed E-state index contributed by atoms with van der Waals surface area (Å²) in [6.07, 6.45) is 4.29. The average molecular weight is 230 g/mol. The highest BCUT2D eigenvalue weighted by atomic mass is 16.1. The maximum absolute atomic E-state index is 12.0. The number of carbonyl (C=O) groups is 1. The predicted molar refractivity (Wildman–Crippen MR) is 71.5 cm³/mol. The molecule has 0 radical (unpaired) electrons. The highest BCUT2D eigenvalue weighted by Crippen LogP contribution is 2.11. The Kier molecular flexibility index (Phi) is 4.52. The second kappa shape index (κ2) is 5.89. The third kappa shape index (κ3) is 3.79. The van der Waals surface area contributed by atoms with Crippen molar-refractivity contribution in [3.05, 3.63) is 53.3 Å². The standard InChI is InChI=1S/C14H18N2O/c1-3-12(15)7-4-10(2)14(17)11-5-8-13(16)9-6-11/h4-9H,3,15-16H2,1-2H3/b10-4+,12-7+. The van der Waals surface area contributed by atoms with Crippen LogP contribution in [0.25, 0.3) is 0 Å². The van der Waals surface area contributed by atoms with E-state index in [0.29, 0.717) is 16.8 Å². The highest BCUT2D eigenvalue weighted by molar-refractivity contribution is 6.08. The van der Waals surface area contributed by atoms with Crippen LogP contribution in [0.3, 0.4) is 0 Å². The number of Topliss-reactive ketones (excluding diaryl/α,β-unsaturated/α-hetero) is 1. The number of hydrogen-bond acceptors (Lipinski definition) is 3. The molecule has 3 heteroatoms. The molecule has 1 aromatic rings.